The predicted octanol–water partition coefficient (Wildman–Crippen LogP) is 7.86. The molecule has 7 heteroatoms. The van der Waals surface area contributed by atoms with Gasteiger partial charge >= 0.3 is 6.09 Å². The second kappa shape index (κ2) is 9.71. The van der Waals surface area contributed by atoms with Crippen molar-refractivity contribution in [1.82, 2.24) is 14.7 Å². The summed E-state index contributed by atoms with van der Waals surface area (Å²) >= 11 is 3.60. The van der Waals surface area contributed by atoms with Crippen LogP contribution in [0.3, 0.4) is 0 Å². The normalized spacial score (nSPS) is 14.6. The predicted molar refractivity (Wildman–Crippen MR) is 149 cm³/mol. The number of carbonyl (C=O) groups is 1. The second-order valence-corrected chi connectivity index (χ2v) is 11.2. The van der Waals surface area contributed by atoms with Crippen molar-refractivity contribution >= 4 is 27.7 Å². The Labute approximate surface area is 225 Å². The molecule has 0 radical (unpaired) electrons. The number of rotatable bonds is 6. The van der Waals surface area contributed by atoms with E-state index in [1.165, 1.54) is 6.26 Å². The molecule has 0 unspecified atom stereocenters. The first-order valence-corrected chi connectivity index (χ1v) is 13.2. The summed E-state index contributed by atoms with van der Waals surface area (Å²) in [6.07, 6.45) is 5.83. The van der Waals surface area contributed by atoms with Crippen LogP contribution in [0.15, 0.2) is 84.2 Å². The fourth-order valence-electron chi connectivity index (χ4n) is 4.79. The molecule has 4 aromatic rings. The van der Waals surface area contributed by atoms with Gasteiger partial charge in [0, 0.05) is 27.9 Å². The topological polar surface area (TPSA) is 64.9 Å². The minimum atomic E-state index is -0.543. The average Bonchev–Trinajstić information content (AvgIpc) is 3.21. The summed E-state index contributed by atoms with van der Waals surface area (Å²) < 4.78 is 14.1. The number of halogens is 1. The van der Waals surface area contributed by atoms with E-state index in [4.69, 9.17) is 14.5 Å². The Kier molecular flexibility index (Phi) is 6.58. The lowest BCUT2D eigenvalue weighted by Gasteiger charge is -2.43. The Balaban J connectivity index is 1.57. The van der Waals surface area contributed by atoms with Gasteiger partial charge in [0.25, 0.3) is 0 Å². The molecule has 1 aliphatic carbocycles. The zero-order valence-electron chi connectivity index (χ0n) is 21.3. The van der Waals surface area contributed by atoms with E-state index < -0.39 is 11.1 Å². The molecule has 2 aromatic carbocycles. The number of hydrogen-bond acceptors (Lipinski definition) is 4. The molecule has 0 aliphatic heterocycles. The second-order valence-electron chi connectivity index (χ2n) is 10.3. The monoisotopic (exact) mass is 559 g/mol. The molecule has 1 saturated carbocycles. The van der Waals surface area contributed by atoms with E-state index in [2.05, 4.69) is 64.2 Å². The van der Waals surface area contributed by atoms with E-state index in [0.29, 0.717) is 11.4 Å². The Hall–Kier alpha value is -3.58. The van der Waals surface area contributed by atoms with Crippen molar-refractivity contribution < 1.29 is 14.3 Å². The number of fused-ring (bicyclic) bond motifs is 1. The highest BCUT2D eigenvalue weighted by Crippen LogP contribution is 2.43. The summed E-state index contributed by atoms with van der Waals surface area (Å²) in [5, 5.41) is 3.14. The summed E-state index contributed by atoms with van der Waals surface area (Å²) in [6.45, 7) is 9.33. The van der Waals surface area contributed by atoms with Crippen LogP contribution in [0.2, 0.25) is 0 Å². The molecule has 6 nitrogen and oxygen atoms in total. The highest BCUT2D eigenvalue weighted by Gasteiger charge is 2.41. The van der Waals surface area contributed by atoms with Crippen molar-refractivity contribution in [3.05, 3.63) is 89.7 Å². The van der Waals surface area contributed by atoms with Crippen molar-refractivity contribution in [2.75, 3.05) is 0 Å². The fourth-order valence-corrected chi connectivity index (χ4v) is 5.21. The van der Waals surface area contributed by atoms with Crippen molar-refractivity contribution in [3.8, 4) is 28.3 Å². The molecular formula is C30H30BrN3O3. The van der Waals surface area contributed by atoms with Gasteiger partial charge in [-0.05, 0) is 61.5 Å². The Morgan fingerprint density at radius 3 is 2.41 bits per heavy atom. The highest BCUT2D eigenvalue weighted by molar-refractivity contribution is 9.10. The lowest BCUT2D eigenvalue weighted by Crippen LogP contribution is -2.52. The van der Waals surface area contributed by atoms with Gasteiger partial charge in [-0.1, -0.05) is 61.2 Å². The molecule has 0 saturated heterocycles. The molecule has 1 amide bonds. The van der Waals surface area contributed by atoms with Crippen LogP contribution in [0.5, 0.6) is 5.75 Å². The zero-order chi connectivity index (χ0) is 26.2. The van der Waals surface area contributed by atoms with Crippen molar-refractivity contribution in [2.45, 2.75) is 51.2 Å². The van der Waals surface area contributed by atoms with Gasteiger partial charge in [-0.15, -0.1) is 0 Å². The number of hydrogen-bond donors (Lipinski definition) is 1. The average molecular weight is 560 g/mol. The molecule has 1 aliphatic rings. The first-order chi connectivity index (χ1) is 17.7. The number of ether oxygens (including phenoxy) is 2. The minimum absolute atomic E-state index is 0.386. The van der Waals surface area contributed by atoms with Crippen LogP contribution in [-0.2, 0) is 10.3 Å². The van der Waals surface area contributed by atoms with Crippen LogP contribution >= 0.6 is 15.9 Å². The van der Waals surface area contributed by atoms with Gasteiger partial charge in [0.2, 0.25) is 0 Å². The van der Waals surface area contributed by atoms with Gasteiger partial charge in [0.1, 0.15) is 5.60 Å². The van der Waals surface area contributed by atoms with Gasteiger partial charge in [-0.25, -0.2) is 9.78 Å². The molecule has 1 fully saturated rings. The van der Waals surface area contributed by atoms with E-state index in [0.717, 1.165) is 51.8 Å². The van der Waals surface area contributed by atoms with Gasteiger partial charge in [0.05, 0.1) is 23.2 Å². The Morgan fingerprint density at radius 1 is 1.11 bits per heavy atom. The largest absolute Gasteiger partial charge is 0.462 e. The van der Waals surface area contributed by atoms with Crippen molar-refractivity contribution in [1.29, 1.82) is 0 Å². The number of pyridine rings is 1. The standard InChI is InChI=1S/C30H30BrN3O3/c1-5-36-24-18-23(31)19-34-26(21-10-7-6-8-11-21)25(32-27(24)34)20-12-14-22(15-13-20)30(16-9-17-30)33-28(35)37-29(2,3)4/h5-8,10-15,18-19H,1,9,16-17H2,2-4H3,(H,33,35). The molecule has 1 N–H and O–H groups in total. The molecule has 0 spiro atoms. The van der Waals surface area contributed by atoms with E-state index in [1.54, 1.807) is 0 Å². The molecule has 190 valence electrons. The van der Waals surface area contributed by atoms with Gasteiger partial charge in [-0.3, -0.25) is 4.40 Å². The maximum Gasteiger partial charge on any atom is 0.408 e. The van der Waals surface area contributed by atoms with E-state index in [1.807, 2.05) is 55.6 Å². The molecular weight excluding hydrogens is 530 g/mol. The van der Waals surface area contributed by atoms with Gasteiger partial charge in [-0.2, -0.15) is 0 Å². The quantitative estimate of drug-likeness (QED) is 0.244. The van der Waals surface area contributed by atoms with E-state index >= 15 is 0 Å². The SMILES string of the molecule is C=COc1cc(Br)cn2c(-c3ccccc3)c(-c3ccc(C4(NC(=O)OC(C)(C)C)CCC4)cc3)nc12. The van der Waals surface area contributed by atoms with Crippen LogP contribution in [0.4, 0.5) is 4.79 Å². The number of nitrogens with one attached hydrogen (secondary N) is 1. The molecule has 0 bridgehead atoms. The van der Waals surface area contributed by atoms with Crippen LogP contribution < -0.4 is 10.1 Å². The third kappa shape index (κ3) is 5.01. The van der Waals surface area contributed by atoms with Crippen molar-refractivity contribution in [2.24, 2.45) is 0 Å². The summed E-state index contributed by atoms with van der Waals surface area (Å²) in [5.41, 5.74) is 4.63. The Bertz CT molecular complexity index is 1450. The highest BCUT2D eigenvalue weighted by atomic mass is 79.9. The summed E-state index contributed by atoms with van der Waals surface area (Å²) in [4.78, 5) is 17.6. The third-order valence-electron chi connectivity index (χ3n) is 6.57. The van der Waals surface area contributed by atoms with E-state index in [-0.39, 0.29) is 6.09 Å². The van der Waals surface area contributed by atoms with Gasteiger partial charge < -0.3 is 14.8 Å². The number of benzene rings is 2. The number of aromatic nitrogens is 2. The molecule has 5 rings (SSSR count). The minimum Gasteiger partial charge on any atom is -0.462 e. The smallest absolute Gasteiger partial charge is 0.408 e. The van der Waals surface area contributed by atoms with Crippen LogP contribution in [-0.4, -0.2) is 21.1 Å². The fraction of sp³-hybridized carbons (Fsp3) is 0.267. The van der Waals surface area contributed by atoms with Crippen molar-refractivity contribution in [3.63, 3.8) is 0 Å². The first-order valence-electron chi connectivity index (χ1n) is 12.4. The maximum absolute atomic E-state index is 12.6. The third-order valence-corrected chi connectivity index (χ3v) is 7.00. The number of nitrogens with zero attached hydrogens (tertiary/aromatic N) is 2. The zero-order valence-corrected chi connectivity index (χ0v) is 22.8. The number of carbonyl (C=O) groups excluding carboxylic acids is 1. The molecule has 2 heterocycles. The maximum atomic E-state index is 12.6. The van der Waals surface area contributed by atoms with Crippen LogP contribution in [0.1, 0.15) is 45.6 Å². The molecule has 37 heavy (non-hydrogen) atoms. The molecule has 2 aromatic heterocycles. The number of alkyl carbamates (subject to hydrolysis) is 1. The lowest BCUT2D eigenvalue weighted by atomic mass is 9.71. The number of amides is 1. The number of imidazole rings is 1. The van der Waals surface area contributed by atoms with Crippen LogP contribution in [0.25, 0.3) is 28.2 Å². The van der Waals surface area contributed by atoms with Gasteiger partial charge in [0.15, 0.2) is 11.4 Å². The summed E-state index contributed by atoms with van der Waals surface area (Å²) in [5.74, 6) is 0.611. The summed E-state index contributed by atoms with van der Waals surface area (Å²) in [7, 11) is 0. The van der Waals surface area contributed by atoms with E-state index in [9.17, 15) is 4.79 Å². The summed E-state index contributed by atoms with van der Waals surface area (Å²) in [6, 6.07) is 20.4. The first kappa shape index (κ1) is 25.1. The van der Waals surface area contributed by atoms with Crippen LogP contribution in [0, 0.1) is 0 Å². The Morgan fingerprint density at radius 2 is 1.81 bits per heavy atom. The molecule has 0 atom stereocenters. The lowest BCUT2D eigenvalue weighted by molar-refractivity contribution is 0.0377.